The summed E-state index contributed by atoms with van der Waals surface area (Å²) in [7, 11) is 1.69. The molecule has 0 spiro atoms. The van der Waals surface area contributed by atoms with Gasteiger partial charge in [-0.15, -0.1) is 0 Å². The van der Waals surface area contributed by atoms with Gasteiger partial charge in [-0.1, -0.05) is 26.7 Å². The monoisotopic (exact) mass is 259 g/mol. The van der Waals surface area contributed by atoms with Crippen LogP contribution in [0.5, 0.6) is 0 Å². The van der Waals surface area contributed by atoms with Gasteiger partial charge in [-0.2, -0.15) is 0 Å². The third kappa shape index (κ3) is 6.84. The average Bonchev–Trinajstić information content (AvgIpc) is 2.30. The number of amides is 1. The molecule has 1 N–H and O–H groups in total. The molecule has 0 heterocycles. The highest BCUT2D eigenvalue weighted by Gasteiger charge is 2.28. The van der Waals surface area contributed by atoms with Gasteiger partial charge in [-0.25, -0.2) is 4.79 Å². The summed E-state index contributed by atoms with van der Waals surface area (Å²) in [6.45, 7) is 9.59. The van der Waals surface area contributed by atoms with Crippen LogP contribution in [0.25, 0.3) is 0 Å². The summed E-state index contributed by atoms with van der Waals surface area (Å²) >= 11 is 0. The predicted molar refractivity (Wildman–Crippen MR) is 73.8 cm³/mol. The normalized spacial score (nSPS) is 23.7. The molecular formula is C14H29NO3. The highest BCUT2D eigenvalue weighted by Crippen LogP contribution is 2.21. The lowest BCUT2D eigenvalue weighted by Crippen LogP contribution is -2.47. The molecule has 4 heteroatoms. The fraction of sp³-hybridized carbons (Fsp3) is 0.929. The molecule has 2 atom stereocenters. The van der Waals surface area contributed by atoms with E-state index in [1.54, 1.807) is 7.11 Å². The van der Waals surface area contributed by atoms with Crippen LogP contribution in [-0.2, 0) is 9.47 Å². The maximum absolute atomic E-state index is 11.6. The number of rotatable bonds is 2. The van der Waals surface area contributed by atoms with Gasteiger partial charge in [0.1, 0.15) is 5.60 Å². The van der Waals surface area contributed by atoms with E-state index in [1.165, 1.54) is 6.42 Å². The fourth-order valence-electron chi connectivity index (χ4n) is 2.00. The van der Waals surface area contributed by atoms with E-state index in [2.05, 4.69) is 5.32 Å². The number of nitrogens with one attached hydrogen (secondary N) is 1. The first-order valence-corrected chi connectivity index (χ1v) is 6.94. The van der Waals surface area contributed by atoms with Gasteiger partial charge in [0, 0.05) is 7.11 Å². The van der Waals surface area contributed by atoms with Crippen LogP contribution < -0.4 is 5.32 Å². The molecule has 0 bridgehead atoms. The lowest BCUT2D eigenvalue weighted by atomic mass is 9.92. The molecule has 4 nitrogen and oxygen atoms in total. The number of methoxy groups -OCH3 is 1. The molecule has 1 aliphatic carbocycles. The van der Waals surface area contributed by atoms with Gasteiger partial charge in [0.15, 0.2) is 0 Å². The van der Waals surface area contributed by atoms with Crippen LogP contribution in [0.3, 0.4) is 0 Å². The molecule has 1 amide bonds. The van der Waals surface area contributed by atoms with Crippen molar-refractivity contribution in [1.82, 2.24) is 5.32 Å². The highest BCUT2D eigenvalue weighted by atomic mass is 16.6. The Morgan fingerprint density at radius 3 is 2.22 bits per heavy atom. The average molecular weight is 259 g/mol. The minimum absolute atomic E-state index is 0.0913. The van der Waals surface area contributed by atoms with Crippen LogP contribution in [-0.4, -0.2) is 30.9 Å². The fourth-order valence-corrected chi connectivity index (χ4v) is 2.00. The van der Waals surface area contributed by atoms with Gasteiger partial charge in [-0.3, -0.25) is 0 Å². The molecule has 0 aliphatic heterocycles. The van der Waals surface area contributed by atoms with Crippen molar-refractivity contribution in [2.24, 2.45) is 0 Å². The molecule has 0 aromatic carbocycles. The van der Waals surface area contributed by atoms with Gasteiger partial charge in [0.05, 0.1) is 12.1 Å². The first kappa shape index (κ1) is 17.2. The summed E-state index contributed by atoms with van der Waals surface area (Å²) in [5.41, 5.74) is -0.443. The maximum atomic E-state index is 11.6. The minimum Gasteiger partial charge on any atom is -0.444 e. The highest BCUT2D eigenvalue weighted by molar-refractivity contribution is 5.68. The number of hydrogen-bond acceptors (Lipinski definition) is 3. The summed E-state index contributed by atoms with van der Waals surface area (Å²) in [6.07, 6.45) is 4.07. The summed E-state index contributed by atoms with van der Waals surface area (Å²) in [4.78, 5) is 11.6. The van der Waals surface area contributed by atoms with Crippen molar-refractivity contribution in [3.8, 4) is 0 Å². The second kappa shape index (κ2) is 8.35. The molecule has 2 unspecified atom stereocenters. The van der Waals surface area contributed by atoms with Gasteiger partial charge < -0.3 is 14.8 Å². The van der Waals surface area contributed by atoms with Crippen molar-refractivity contribution >= 4 is 6.09 Å². The van der Waals surface area contributed by atoms with Gasteiger partial charge in [0.25, 0.3) is 0 Å². The Morgan fingerprint density at radius 2 is 1.72 bits per heavy atom. The van der Waals surface area contributed by atoms with E-state index in [-0.39, 0.29) is 18.2 Å². The molecule has 1 rings (SSSR count). The van der Waals surface area contributed by atoms with Crippen LogP contribution in [0, 0.1) is 0 Å². The van der Waals surface area contributed by atoms with Crippen LogP contribution >= 0.6 is 0 Å². The van der Waals surface area contributed by atoms with E-state index in [0.717, 1.165) is 19.3 Å². The molecular weight excluding hydrogens is 230 g/mol. The quantitative estimate of drug-likeness (QED) is 0.825. The molecule has 0 aromatic heterocycles. The van der Waals surface area contributed by atoms with E-state index >= 15 is 0 Å². The SMILES string of the molecule is CC.COC1CCCCC1NC(=O)OC(C)(C)C. The van der Waals surface area contributed by atoms with Gasteiger partial charge >= 0.3 is 6.09 Å². The lowest BCUT2D eigenvalue weighted by Gasteiger charge is -2.31. The van der Waals surface area contributed by atoms with Crippen LogP contribution in [0.2, 0.25) is 0 Å². The van der Waals surface area contributed by atoms with Gasteiger partial charge in [-0.05, 0) is 33.6 Å². The van der Waals surface area contributed by atoms with Crippen LogP contribution in [0.1, 0.15) is 60.3 Å². The maximum Gasteiger partial charge on any atom is 0.407 e. The molecule has 0 radical (unpaired) electrons. The zero-order chi connectivity index (χ0) is 14.2. The summed E-state index contributed by atoms with van der Waals surface area (Å²) in [5, 5.41) is 2.89. The molecule has 18 heavy (non-hydrogen) atoms. The zero-order valence-corrected chi connectivity index (χ0v) is 12.7. The Bertz CT molecular complexity index is 236. The second-order valence-electron chi connectivity index (χ2n) is 5.31. The third-order valence-electron chi connectivity index (χ3n) is 2.71. The molecule has 1 fully saturated rings. The van der Waals surface area contributed by atoms with Crippen molar-refractivity contribution in [3.05, 3.63) is 0 Å². The van der Waals surface area contributed by atoms with Crippen molar-refractivity contribution in [2.75, 3.05) is 7.11 Å². The first-order valence-electron chi connectivity index (χ1n) is 6.94. The molecule has 108 valence electrons. The van der Waals surface area contributed by atoms with E-state index in [0.29, 0.717) is 0 Å². The Balaban J connectivity index is 0.00000137. The third-order valence-corrected chi connectivity index (χ3v) is 2.71. The van der Waals surface area contributed by atoms with E-state index in [4.69, 9.17) is 9.47 Å². The van der Waals surface area contributed by atoms with Crippen molar-refractivity contribution in [1.29, 1.82) is 0 Å². The zero-order valence-electron chi connectivity index (χ0n) is 12.7. The van der Waals surface area contributed by atoms with Crippen molar-refractivity contribution < 1.29 is 14.3 Å². The summed E-state index contributed by atoms with van der Waals surface area (Å²) < 4.78 is 10.6. The molecule has 1 saturated carbocycles. The van der Waals surface area contributed by atoms with E-state index < -0.39 is 5.60 Å². The summed E-state index contributed by atoms with van der Waals surface area (Å²) in [6, 6.07) is 0.0913. The Hall–Kier alpha value is -0.770. The van der Waals surface area contributed by atoms with Crippen LogP contribution in [0.15, 0.2) is 0 Å². The second-order valence-corrected chi connectivity index (χ2v) is 5.31. The van der Waals surface area contributed by atoms with E-state index in [9.17, 15) is 4.79 Å². The smallest absolute Gasteiger partial charge is 0.407 e. The largest absolute Gasteiger partial charge is 0.444 e. The predicted octanol–water partition coefficient (Wildman–Crippen LogP) is 3.49. The molecule has 0 aromatic rings. The number of hydrogen-bond donors (Lipinski definition) is 1. The Labute approximate surface area is 111 Å². The Kier molecular flexibility index (Phi) is 8.00. The van der Waals surface area contributed by atoms with Gasteiger partial charge in [0.2, 0.25) is 0 Å². The van der Waals surface area contributed by atoms with Crippen molar-refractivity contribution in [3.63, 3.8) is 0 Å². The molecule has 0 saturated heterocycles. The number of carbonyl (C=O) groups is 1. The van der Waals surface area contributed by atoms with Crippen molar-refractivity contribution in [2.45, 2.75) is 78.0 Å². The minimum atomic E-state index is -0.443. The summed E-state index contributed by atoms with van der Waals surface area (Å²) in [5.74, 6) is 0. The molecule has 1 aliphatic rings. The van der Waals surface area contributed by atoms with Crippen LogP contribution in [0.4, 0.5) is 4.79 Å². The lowest BCUT2D eigenvalue weighted by molar-refractivity contribution is 0.0213. The standard InChI is InChI=1S/C12H23NO3.C2H6/c1-12(2,3)16-11(14)13-9-7-5-6-8-10(9)15-4;1-2/h9-10H,5-8H2,1-4H3,(H,13,14);1-2H3. The van der Waals surface area contributed by atoms with E-state index in [1.807, 2.05) is 34.6 Å². The topological polar surface area (TPSA) is 47.6 Å². The Morgan fingerprint density at radius 1 is 1.17 bits per heavy atom. The number of carbonyl (C=O) groups excluding carboxylic acids is 1. The number of ether oxygens (including phenoxy) is 2. The first-order chi connectivity index (χ1) is 8.42. The number of alkyl carbamates (subject to hydrolysis) is 1.